The summed E-state index contributed by atoms with van der Waals surface area (Å²) in [5, 5.41) is 9.63. The van der Waals surface area contributed by atoms with Crippen molar-refractivity contribution < 1.29 is 9.90 Å². The SMILES string of the molecule is CC(C)C(c1ccc(Cl)c(N)c1)C(C)C(=O)O. The maximum atomic E-state index is 11.1. The van der Waals surface area contributed by atoms with Gasteiger partial charge in [0.2, 0.25) is 0 Å². The van der Waals surface area contributed by atoms with Crippen LogP contribution in [0.25, 0.3) is 0 Å². The largest absolute Gasteiger partial charge is 0.481 e. The third kappa shape index (κ3) is 3.13. The number of nitrogens with two attached hydrogens (primary N) is 1. The Labute approximate surface area is 107 Å². The van der Waals surface area contributed by atoms with Gasteiger partial charge in [0.25, 0.3) is 0 Å². The molecule has 0 bridgehead atoms. The summed E-state index contributed by atoms with van der Waals surface area (Å²) >= 11 is 5.87. The van der Waals surface area contributed by atoms with Crippen LogP contribution in [-0.2, 0) is 4.79 Å². The van der Waals surface area contributed by atoms with Crippen molar-refractivity contribution in [3.05, 3.63) is 28.8 Å². The van der Waals surface area contributed by atoms with Crippen LogP contribution in [0.1, 0.15) is 32.3 Å². The maximum Gasteiger partial charge on any atom is 0.306 e. The zero-order valence-corrected chi connectivity index (χ0v) is 11.0. The van der Waals surface area contributed by atoms with E-state index in [0.29, 0.717) is 10.7 Å². The third-order valence-corrected chi connectivity index (χ3v) is 3.40. The normalized spacial score (nSPS) is 14.6. The highest BCUT2D eigenvalue weighted by Crippen LogP contribution is 2.34. The average Bonchev–Trinajstić information content (AvgIpc) is 2.22. The van der Waals surface area contributed by atoms with E-state index in [2.05, 4.69) is 0 Å². The van der Waals surface area contributed by atoms with Crippen molar-refractivity contribution in [2.75, 3.05) is 5.73 Å². The van der Waals surface area contributed by atoms with Gasteiger partial charge in [-0.05, 0) is 29.5 Å². The zero-order chi connectivity index (χ0) is 13.2. The Morgan fingerprint density at radius 2 is 1.94 bits per heavy atom. The Hall–Kier alpha value is -1.22. The molecule has 2 unspecified atom stereocenters. The lowest BCUT2D eigenvalue weighted by Crippen LogP contribution is -2.23. The van der Waals surface area contributed by atoms with Crippen molar-refractivity contribution in [1.82, 2.24) is 0 Å². The smallest absolute Gasteiger partial charge is 0.306 e. The first-order valence-electron chi connectivity index (χ1n) is 5.62. The topological polar surface area (TPSA) is 63.3 Å². The van der Waals surface area contributed by atoms with Crippen molar-refractivity contribution in [3.63, 3.8) is 0 Å². The number of rotatable bonds is 4. The van der Waals surface area contributed by atoms with Crippen LogP contribution < -0.4 is 5.73 Å². The number of carboxylic acids is 1. The second-order valence-electron chi connectivity index (χ2n) is 4.68. The second-order valence-corrected chi connectivity index (χ2v) is 5.08. The van der Waals surface area contributed by atoms with Crippen molar-refractivity contribution in [2.24, 2.45) is 11.8 Å². The Morgan fingerprint density at radius 1 is 1.35 bits per heavy atom. The van der Waals surface area contributed by atoms with E-state index in [1.807, 2.05) is 19.9 Å². The van der Waals surface area contributed by atoms with Crippen LogP contribution in [0.2, 0.25) is 5.02 Å². The lowest BCUT2D eigenvalue weighted by atomic mass is 9.79. The van der Waals surface area contributed by atoms with E-state index in [1.165, 1.54) is 0 Å². The summed E-state index contributed by atoms with van der Waals surface area (Å²) in [5.74, 6) is -1.08. The zero-order valence-electron chi connectivity index (χ0n) is 10.3. The summed E-state index contributed by atoms with van der Waals surface area (Å²) in [5.41, 5.74) is 7.18. The highest BCUT2D eigenvalue weighted by Gasteiger charge is 2.28. The average molecular weight is 256 g/mol. The van der Waals surface area contributed by atoms with Crippen molar-refractivity contribution >= 4 is 23.3 Å². The molecule has 0 aromatic heterocycles. The molecule has 0 radical (unpaired) electrons. The minimum atomic E-state index is -0.794. The molecule has 2 atom stereocenters. The van der Waals surface area contributed by atoms with E-state index in [0.717, 1.165) is 5.56 Å². The molecule has 0 amide bonds. The number of nitrogen functional groups attached to an aromatic ring is 1. The Balaban J connectivity index is 3.14. The summed E-state index contributed by atoms with van der Waals surface area (Å²) in [6.45, 7) is 5.74. The van der Waals surface area contributed by atoms with E-state index in [-0.39, 0.29) is 11.8 Å². The van der Waals surface area contributed by atoms with E-state index in [1.54, 1.807) is 19.1 Å². The number of hydrogen-bond donors (Lipinski definition) is 2. The van der Waals surface area contributed by atoms with Crippen LogP contribution in [0.5, 0.6) is 0 Å². The van der Waals surface area contributed by atoms with E-state index in [9.17, 15) is 4.79 Å². The molecule has 0 heterocycles. The molecule has 17 heavy (non-hydrogen) atoms. The minimum absolute atomic E-state index is 0.0629. The molecule has 0 fully saturated rings. The first-order chi connectivity index (χ1) is 7.84. The highest BCUT2D eigenvalue weighted by molar-refractivity contribution is 6.33. The lowest BCUT2D eigenvalue weighted by Gasteiger charge is -2.25. The number of anilines is 1. The van der Waals surface area contributed by atoms with Gasteiger partial charge in [0.15, 0.2) is 0 Å². The molecule has 1 rings (SSSR count). The van der Waals surface area contributed by atoms with Crippen LogP contribution >= 0.6 is 11.6 Å². The fourth-order valence-electron chi connectivity index (χ4n) is 2.17. The number of benzene rings is 1. The molecule has 0 saturated carbocycles. The monoisotopic (exact) mass is 255 g/mol. The van der Waals surface area contributed by atoms with Gasteiger partial charge in [-0.3, -0.25) is 4.79 Å². The fourth-order valence-corrected chi connectivity index (χ4v) is 2.29. The molecule has 4 heteroatoms. The fraction of sp³-hybridized carbons (Fsp3) is 0.462. The molecule has 0 saturated heterocycles. The maximum absolute atomic E-state index is 11.1. The van der Waals surface area contributed by atoms with Gasteiger partial charge in [-0.15, -0.1) is 0 Å². The number of carboxylic acid groups (broad SMARTS) is 1. The Morgan fingerprint density at radius 3 is 2.35 bits per heavy atom. The summed E-state index contributed by atoms with van der Waals surface area (Å²) in [6, 6.07) is 5.34. The quantitative estimate of drug-likeness (QED) is 0.811. The first-order valence-corrected chi connectivity index (χ1v) is 6.00. The number of hydrogen-bond acceptors (Lipinski definition) is 2. The molecule has 1 aromatic rings. The standard InChI is InChI=1S/C13H18ClNO2/c1-7(2)12(8(3)13(16)17)9-4-5-10(14)11(15)6-9/h4-8,12H,15H2,1-3H3,(H,16,17). The van der Waals surface area contributed by atoms with E-state index < -0.39 is 11.9 Å². The van der Waals surface area contributed by atoms with Crippen LogP contribution in [-0.4, -0.2) is 11.1 Å². The predicted octanol–water partition coefficient (Wildman–Crippen LogP) is 3.38. The van der Waals surface area contributed by atoms with E-state index >= 15 is 0 Å². The molecular weight excluding hydrogens is 238 g/mol. The van der Waals surface area contributed by atoms with Gasteiger partial charge in [0, 0.05) is 0 Å². The van der Waals surface area contributed by atoms with Crippen molar-refractivity contribution in [3.8, 4) is 0 Å². The molecule has 94 valence electrons. The number of halogens is 1. The van der Waals surface area contributed by atoms with Crippen LogP contribution in [0.4, 0.5) is 5.69 Å². The third-order valence-electron chi connectivity index (χ3n) is 3.05. The predicted molar refractivity (Wildman–Crippen MR) is 70.2 cm³/mol. The van der Waals surface area contributed by atoms with Gasteiger partial charge in [0.1, 0.15) is 0 Å². The van der Waals surface area contributed by atoms with Crippen molar-refractivity contribution in [1.29, 1.82) is 0 Å². The molecular formula is C13H18ClNO2. The Bertz CT molecular complexity index is 418. The summed E-state index contributed by atoms with van der Waals surface area (Å²) in [4.78, 5) is 11.1. The number of aliphatic carboxylic acids is 1. The molecule has 3 nitrogen and oxygen atoms in total. The molecule has 3 N–H and O–H groups in total. The number of carbonyl (C=O) groups is 1. The van der Waals surface area contributed by atoms with Gasteiger partial charge in [-0.1, -0.05) is 38.4 Å². The molecule has 0 aliphatic carbocycles. The molecule has 0 aliphatic rings. The molecule has 0 spiro atoms. The van der Waals surface area contributed by atoms with Crippen molar-refractivity contribution in [2.45, 2.75) is 26.7 Å². The minimum Gasteiger partial charge on any atom is -0.481 e. The summed E-state index contributed by atoms with van der Waals surface area (Å²) in [7, 11) is 0. The van der Waals surface area contributed by atoms with Gasteiger partial charge >= 0.3 is 5.97 Å². The first kappa shape index (κ1) is 13.8. The second kappa shape index (κ2) is 5.41. The Kier molecular flexibility index (Phi) is 4.40. The van der Waals surface area contributed by atoms with Gasteiger partial charge < -0.3 is 10.8 Å². The summed E-state index contributed by atoms with van der Waals surface area (Å²) in [6.07, 6.45) is 0. The van der Waals surface area contributed by atoms with Crippen LogP contribution in [0.3, 0.4) is 0 Å². The summed E-state index contributed by atoms with van der Waals surface area (Å²) < 4.78 is 0. The van der Waals surface area contributed by atoms with Gasteiger partial charge in [-0.2, -0.15) is 0 Å². The molecule has 1 aromatic carbocycles. The molecule has 0 aliphatic heterocycles. The van der Waals surface area contributed by atoms with Crippen LogP contribution in [0, 0.1) is 11.8 Å². The van der Waals surface area contributed by atoms with E-state index in [4.69, 9.17) is 22.4 Å². The van der Waals surface area contributed by atoms with Crippen LogP contribution in [0.15, 0.2) is 18.2 Å². The highest BCUT2D eigenvalue weighted by atomic mass is 35.5. The van der Waals surface area contributed by atoms with Gasteiger partial charge in [-0.25, -0.2) is 0 Å². The lowest BCUT2D eigenvalue weighted by molar-refractivity contribution is -0.142. The van der Waals surface area contributed by atoms with Gasteiger partial charge in [0.05, 0.1) is 16.6 Å².